The molecule has 5 heteroatoms. The Bertz CT molecular complexity index is 340. The largest absolute Gasteiger partial charge is 0.365 e. The van der Waals surface area contributed by atoms with E-state index >= 15 is 0 Å². The highest BCUT2D eigenvalue weighted by molar-refractivity contribution is 9.10. The Kier molecular flexibility index (Phi) is 2.69. The van der Waals surface area contributed by atoms with Gasteiger partial charge in [-0.25, -0.2) is 4.98 Å². The molecule has 1 aromatic rings. The van der Waals surface area contributed by atoms with Crippen molar-refractivity contribution in [3.05, 3.63) is 26.9 Å². The van der Waals surface area contributed by atoms with Gasteiger partial charge in [-0.3, -0.25) is 4.79 Å². The van der Waals surface area contributed by atoms with E-state index in [0.717, 1.165) is 4.47 Å². The molecular formula is C7H6BrClN2O. The molecule has 12 heavy (non-hydrogen) atoms. The lowest BCUT2D eigenvalue weighted by atomic mass is 10.1. The number of carbonyl (C=O) groups excluding carboxylic acids is 1. The van der Waals surface area contributed by atoms with Gasteiger partial charge < -0.3 is 5.73 Å². The second-order valence-electron chi connectivity index (χ2n) is 2.26. The summed E-state index contributed by atoms with van der Waals surface area (Å²) in [6.45, 7) is 1.75. The molecular weight excluding hydrogens is 243 g/mol. The second-order valence-corrected chi connectivity index (χ2v) is 3.47. The van der Waals surface area contributed by atoms with Gasteiger partial charge in [-0.15, -0.1) is 0 Å². The fraction of sp³-hybridized carbons (Fsp3) is 0.143. The number of pyridine rings is 1. The smallest absolute Gasteiger partial charge is 0.252 e. The zero-order chi connectivity index (χ0) is 9.30. The van der Waals surface area contributed by atoms with Crippen LogP contribution in [-0.2, 0) is 0 Å². The molecule has 0 bridgehead atoms. The predicted molar refractivity (Wildman–Crippen MR) is 50.2 cm³/mol. The van der Waals surface area contributed by atoms with Crippen LogP contribution in [0.25, 0.3) is 0 Å². The summed E-state index contributed by atoms with van der Waals surface area (Å²) in [7, 11) is 0. The molecule has 1 amide bonds. The SMILES string of the molecule is Cc1c(Br)cnc(Cl)c1C(N)=O. The molecule has 0 aliphatic carbocycles. The normalized spacial score (nSPS) is 9.92. The first-order valence-electron chi connectivity index (χ1n) is 3.14. The molecule has 0 spiro atoms. The van der Waals surface area contributed by atoms with Crippen molar-refractivity contribution >= 4 is 33.4 Å². The monoisotopic (exact) mass is 248 g/mol. The van der Waals surface area contributed by atoms with E-state index in [4.69, 9.17) is 17.3 Å². The van der Waals surface area contributed by atoms with E-state index in [0.29, 0.717) is 5.56 Å². The molecule has 0 atom stereocenters. The van der Waals surface area contributed by atoms with Crippen LogP contribution in [0.15, 0.2) is 10.7 Å². The minimum absolute atomic E-state index is 0.142. The van der Waals surface area contributed by atoms with Gasteiger partial charge >= 0.3 is 0 Å². The molecule has 64 valence electrons. The topological polar surface area (TPSA) is 56.0 Å². The highest BCUT2D eigenvalue weighted by Crippen LogP contribution is 2.23. The van der Waals surface area contributed by atoms with Crippen LogP contribution in [0, 0.1) is 6.92 Å². The average molecular weight is 249 g/mol. The third-order valence-electron chi connectivity index (χ3n) is 1.48. The number of hydrogen-bond donors (Lipinski definition) is 1. The van der Waals surface area contributed by atoms with E-state index in [1.54, 1.807) is 6.92 Å². The van der Waals surface area contributed by atoms with Crippen LogP contribution in [0.2, 0.25) is 5.15 Å². The Morgan fingerprint density at radius 2 is 2.33 bits per heavy atom. The maximum Gasteiger partial charge on any atom is 0.252 e. The fourth-order valence-corrected chi connectivity index (χ4v) is 1.42. The van der Waals surface area contributed by atoms with Crippen LogP contribution >= 0.6 is 27.5 Å². The minimum Gasteiger partial charge on any atom is -0.365 e. The number of carbonyl (C=O) groups is 1. The van der Waals surface area contributed by atoms with Crippen LogP contribution in [0.1, 0.15) is 15.9 Å². The molecule has 0 fully saturated rings. The van der Waals surface area contributed by atoms with Crippen LogP contribution in [0.3, 0.4) is 0 Å². The van der Waals surface area contributed by atoms with Gasteiger partial charge in [0.1, 0.15) is 5.15 Å². The van der Waals surface area contributed by atoms with Crippen LogP contribution in [0.5, 0.6) is 0 Å². The van der Waals surface area contributed by atoms with Crippen molar-refractivity contribution in [2.24, 2.45) is 5.73 Å². The highest BCUT2D eigenvalue weighted by Gasteiger charge is 2.13. The van der Waals surface area contributed by atoms with Gasteiger partial charge in [0.15, 0.2) is 0 Å². The number of aromatic nitrogens is 1. The fourth-order valence-electron chi connectivity index (χ4n) is 0.835. The van der Waals surface area contributed by atoms with Crippen LogP contribution < -0.4 is 5.73 Å². The molecule has 2 N–H and O–H groups in total. The summed E-state index contributed by atoms with van der Waals surface area (Å²) < 4.78 is 0.723. The maximum atomic E-state index is 10.9. The summed E-state index contributed by atoms with van der Waals surface area (Å²) in [5, 5.41) is 0.142. The molecule has 0 aliphatic rings. The van der Waals surface area contributed by atoms with E-state index < -0.39 is 5.91 Å². The lowest BCUT2D eigenvalue weighted by Gasteiger charge is -2.04. The Morgan fingerprint density at radius 3 is 2.75 bits per heavy atom. The summed E-state index contributed by atoms with van der Waals surface area (Å²) in [5.41, 5.74) is 6.08. The predicted octanol–water partition coefficient (Wildman–Crippen LogP) is 1.90. The standard InChI is InChI=1S/C7H6BrClN2O/c1-3-4(8)2-11-6(9)5(3)7(10)12/h2H,1H3,(H2,10,12). The van der Waals surface area contributed by atoms with E-state index in [1.807, 2.05) is 0 Å². The third-order valence-corrected chi connectivity index (χ3v) is 2.56. The first-order chi connectivity index (χ1) is 5.54. The molecule has 0 aromatic carbocycles. The average Bonchev–Trinajstić information content (AvgIpc) is 1.97. The van der Waals surface area contributed by atoms with Gasteiger partial charge in [0.05, 0.1) is 5.56 Å². The number of halogens is 2. The molecule has 0 unspecified atom stereocenters. The number of primary amides is 1. The Morgan fingerprint density at radius 1 is 1.75 bits per heavy atom. The van der Waals surface area contributed by atoms with Gasteiger partial charge in [0.25, 0.3) is 5.91 Å². The van der Waals surface area contributed by atoms with E-state index in [2.05, 4.69) is 20.9 Å². The van der Waals surface area contributed by atoms with Crippen molar-refractivity contribution in [1.82, 2.24) is 4.98 Å². The Hall–Kier alpha value is -0.610. The molecule has 0 saturated heterocycles. The molecule has 0 radical (unpaired) electrons. The van der Waals surface area contributed by atoms with E-state index in [-0.39, 0.29) is 10.7 Å². The molecule has 1 aromatic heterocycles. The van der Waals surface area contributed by atoms with Crippen molar-refractivity contribution in [2.75, 3.05) is 0 Å². The maximum absolute atomic E-state index is 10.9. The number of nitrogens with two attached hydrogens (primary N) is 1. The molecule has 1 heterocycles. The van der Waals surface area contributed by atoms with Gasteiger partial charge in [0, 0.05) is 10.7 Å². The summed E-state index contributed by atoms with van der Waals surface area (Å²) in [4.78, 5) is 14.7. The molecule has 3 nitrogen and oxygen atoms in total. The highest BCUT2D eigenvalue weighted by atomic mass is 79.9. The zero-order valence-corrected chi connectivity index (χ0v) is 8.61. The Balaban J connectivity index is 3.43. The summed E-state index contributed by atoms with van der Waals surface area (Å²) in [6.07, 6.45) is 1.53. The summed E-state index contributed by atoms with van der Waals surface area (Å²) in [6, 6.07) is 0. The second kappa shape index (κ2) is 3.41. The van der Waals surface area contributed by atoms with Gasteiger partial charge in [0.2, 0.25) is 0 Å². The molecule has 0 saturated carbocycles. The summed E-state index contributed by atoms with van der Waals surface area (Å²) >= 11 is 8.88. The van der Waals surface area contributed by atoms with Gasteiger partial charge in [-0.1, -0.05) is 11.6 Å². The first-order valence-corrected chi connectivity index (χ1v) is 4.31. The third kappa shape index (κ3) is 1.59. The number of hydrogen-bond acceptors (Lipinski definition) is 2. The molecule has 1 rings (SSSR count). The van der Waals surface area contributed by atoms with E-state index in [9.17, 15) is 4.79 Å². The number of nitrogens with zero attached hydrogens (tertiary/aromatic N) is 1. The number of amides is 1. The van der Waals surface area contributed by atoms with Gasteiger partial charge in [-0.05, 0) is 28.4 Å². The minimum atomic E-state index is -0.564. The molecule has 0 aliphatic heterocycles. The zero-order valence-electron chi connectivity index (χ0n) is 6.27. The quantitative estimate of drug-likeness (QED) is 0.773. The van der Waals surface area contributed by atoms with Crippen molar-refractivity contribution in [1.29, 1.82) is 0 Å². The van der Waals surface area contributed by atoms with Crippen molar-refractivity contribution in [3.8, 4) is 0 Å². The summed E-state index contributed by atoms with van der Waals surface area (Å²) in [5.74, 6) is -0.564. The van der Waals surface area contributed by atoms with E-state index in [1.165, 1.54) is 6.20 Å². The lowest BCUT2D eigenvalue weighted by Crippen LogP contribution is -2.14. The van der Waals surface area contributed by atoms with Crippen molar-refractivity contribution in [2.45, 2.75) is 6.92 Å². The lowest BCUT2D eigenvalue weighted by molar-refractivity contribution is 0.0999. The van der Waals surface area contributed by atoms with Crippen molar-refractivity contribution in [3.63, 3.8) is 0 Å². The Labute approximate surface area is 83.1 Å². The first kappa shape index (κ1) is 9.48. The van der Waals surface area contributed by atoms with Crippen LogP contribution in [0.4, 0.5) is 0 Å². The number of rotatable bonds is 1. The van der Waals surface area contributed by atoms with Crippen LogP contribution in [-0.4, -0.2) is 10.9 Å². The van der Waals surface area contributed by atoms with Crippen molar-refractivity contribution < 1.29 is 4.79 Å². The van der Waals surface area contributed by atoms with Gasteiger partial charge in [-0.2, -0.15) is 0 Å².